The van der Waals surface area contributed by atoms with Crippen molar-refractivity contribution in [1.82, 2.24) is 9.88 Å². The first-order chi connectivity index (χ1) is 10.6. The van der Waals surface area contributed by atoms with E-state index in [4.69, 9.17) is 0 Å². The fraction of sp³-hybridized carbons (Fsp3) is 0.688. The lowest BCUT2D eigenvalue weighted by molar-refractivity contribution is -0.137. The van der Waals surface area contributed by atoms with Gasteiger partial charge >= 0.3 is 6.18 Å². The lowest BCUT2D eigenvalue weighted by Gasteiger charge is -2.51. The number of piperazine rings is 1. The molecule has 1 aromatic heterocycles. The van der Waals surface area contributed by atoms with Gasteiger partial charge in [-0.25, -0.2) is 4.98 Å². The number of alkyl halides is 3. The molecule has 0 aliphatic carbocycles. The van der Waals surface area contributed by atoms with Gasteiger partial charge < -0.3 is 9.80 Å². The molecular weight excluding hydrogens is 305 g/mol. The summed E-state index contributed by atoms with van der Waals surface area (Å²) in [6, 6.07) is 1.47. The number of fused-ring (bicyclic) bond motifs is 3. The Morgan fingerprint density at radius 3 is 2.43 bits per heavy atom. The number of hydrogen-bond acceptors (Lipinski definition) is 4. The van der Waals surface area contributed by atoms with Crippen molar-refractivity contribution in [2.45, 2.75) is 38.5 Å². The van der Waals surface area contributed by atoms with Crippen LogP contribution in [0.15, 0.2) is 12.3 Å². The van der Waals surface area contributed by atoms with Gasteiger partial charge in [-0.3, -0.25) is 4.90 Å². The third-order valence-corrected chi connectivity index (χ3v) is 4.77. The molecule has 1 atom stereocenters. The van der Waals surface area contributed by atoms with E-state index < -0.39 is 11.7 Å². The molecule has 1 aromatic rings. The van der Waals surface area contributed by atoms with E-state index in [0.717, 1.165) is 25.8 Å². The number of hydrogen-bond donors (Lipinski definition) is 0. The monoisotopic (exact) mass is 328 g/mol. The first-order valence-corrected chi connectivity index (χ1v) is 7.87. The predicted molar refractivity (Wildman–Crippen MR) is 85.0 cm³/mol. The number of rotatable bonds is 0. The second-order valence-electron chi connectivity index (χ2n) is 7.41. The average Bonchev–Trinajstić information content (AvgIpc) is 2.44. The van der Waals surface area contributed by atoms with Crippen molar-refractivity contribution in [2.75, 3.05) is 43.0 Å². The number of aromatic nitrogens is 1. The van der Waals surface area contributed by atoms with Crippen LogP contribution in [0.3, 0.4) is 0 Å². The fourth-order valence-electron chi connectivity index (χ4n) is 3.42. The minimum atomic E-state index is -4.36. The summed E-state index contributed by atoms with van der Waals surface area (Å²) in [5.74, 6) is 0.672. The van der Waals surface area contributed by atoms with Crippen LogP contribution in [0.2, 0.25) is 0 Å². The summed E-state index contributed by atoms with van der Waals surface area (Å²) >= 11 is 0. The van der Waals surface area contributed by atoms with Crippen LogP contribution in [0.4, 0.5) is 24.7 Å². The number of pyridine rings is 1. The van der Waals surface area contributed by atoms with Gasteiger partial charge in [0.05, 0.1) is 17.3 Å². The second-order valence-corrected chi connectivity index (χ2v) is 7.41. The number of anilines is 2. The molecule has 3 heterocycles. The maximum atomic E-state index is 12.9. The average molecular weight is 328 g/mol. The SMILES string of the molecule is CN1C[C@@H]2CN(C(C)(C)C)CCN2c2ncc(C(F)(F)F)cc21. The fourth-order valence-corrected chi connectivity index (χ4v) is 3.42. The number of nitrogens with zero attached hydrogens (tertiary/aromatic N) is 4. The highest BCUT2D eigenvalue weighted by Gasteiger charge is 2.39. The van der Waals surface area contributed by atoms with Crippen LogP contribution in [-0.4, -0.2) is 54.7 Å². The second kappa shape index (κ2) is 5.26. The van der Waals surface area contributed by atoms with E-state index in [2.05, 4.69) is 35.6 Å². The molecule has 0 N–H and O–H groups in total. The largest absolute Gasteiger partial charge is 0.417 e. The minimum absolute atomic E-state index is 0.0957. The Balaban J connectivity index is 1.91. The van der Waals surface area contributed by atoms with Gasteiger partial charge in [0.25, 0.3) is 0 Å². The highest BCUT2D eigenvalue weighted by Crippen LogP contribution is 2.39. The molecule has 0 saturated carbocycles. The van der Waals surface area contributed by atoms with E-state index >= 15 is 0 Å². The van der Waals surface area contributed by atoms with Crippen LogP contribution in [0, 0.1) is 0 Å². The zero-order valence-corrected chi connectivity index (χ0v) is 14.0. The Hall–Kier alpha value is -1.50. The molecule has 3 rings (SSSR count). The van der Waals surface area contributed by atoms with Crippen LogP contribution in [-0.2, 0) is 6.18 Å². The maximum Gasteiger partial charge on any atom is 0.417 e. The van der Waals surface area contributed by atoms with Crippen LogP contribution >= 0.6 is 0 Å². The highest BCUT2D eigenvalue weighted by atomic mass is 19.4. The van der Waals surface area contributed by atoms with E-state index in [0.29, 0.717) is 18.1 Å². The minimum Gasteiger partial charge on any atom is -0.369 e. The van der Waals surface area contributed by atoms with Gasteiger partial charge in [0.15, 0.2) is 5.82 Å². The maximum absolute atomic E-state index is 12.9. The van der Waals surface area contributed by atoms with Gasteiger partial charge in [-0.2, -0.15) is 13.2 Å². The summed E-state index contributed by atoms with van der Waals surface area (Å²) < 4.78 is 38.8. The summed E-state index contributed by atoms with van der Waals surface area (Å²) in [6.07, 6.45) is -3.41. The van der Waals surface area contributed by atoms with Crippen molar-refractivity contribution in [3.8, 4) is 0 Å². The van der Waals surface area contributed by atoms with E-state index in [9.17, 15) is 13.2 Å². The normalized spacial score (nSPS) is 22.8. The molecule has 0 amide bonds. The van der Waals surface area contributed by atoms with Gasteiger partial charge in [-0.15, -0.1) is 0 Å². The summed E-state index contributed by atoms with van der Waals surface area (Å²) in [7, 11) is 1.84. The van der Waals surface area contributed by atoms with Crippen LogP contribution in [0.1, 0.15) is 26.3 Å². The summed E-state index contributed by atoms with van der Waals surface area (Å²) in [5, 5.41) is 0. The standard InChI is InChI=1S/C16H23F3N4/c1-15(2,3)22-5-6-23-12(10-22)9-21(4)13-7-11(16(17,18)19)8-20-14(13)23/h7-8,12H,5-6,9-10H2,1-4H3/t12-/m1/s1. The molecular formula is C16H23F3N4. The van der Waals surface area contributed by atoms with E-state index in [1.807, 2.05) is 11.9 Å². The summed E-state index contributed by atoms with van der Waals surface area (Å²) in [4.78, 5) is 10.6. The van der Waals surface area contributed by atoms with Crippen LogP contribution in [0.5, 0.6) is 0 Å². The van der Waals surface area contributed by atoms with Gasteiger partial charge in [0.1, 0.15) is 0 Å². The van der Waals surface area contributed by atoms with Crippen molar-refractivity contribution in [2.24, 2.45) is 0 Å². The Morgan fingerprint density at radius 1 is 1.13 bits per heavy atom. The number of likely N-dealkylation sites (N-methyl/N-ethyl adjacent to an activating group) is 1. The number of halogens is 3. The van der Waals surface area contributed by atoms with Crippen molar-refractivity contribution >= 4 is 11.5 Å². The molecule has 0 bridgehead atoms. The molecule has 0 aromatic carbocycles. The smallest absolute Gasteiger partial charge is 0.369 e. The third kappa shape index (κ3) is 2.98. The highest BCUT2D eigenvalue weighted by molar-refractivity contribution is 5.71. The van der Waals surface area contributed by atoms with Gasteiger partial charge in [0.2, 0.25) is 0 Å². The quantitative estimate of drug-likeness (QED) is 0.730. The molecule has 0 radical (unpaired) electrons. The van der Waals surface area contributed by atoms with Crippen LogP contribution in [0.25, 0.3) is 0 Å². The van der Waals surface area contributed by atoms with Crippen LogP contribution < -0.4 is 9.80 Å². The van der Waals surface area contributed by atoms with Crippen molar-refractivity contribution < 1.29 is 13.2 Å². The van der Waals surface area contributed by atoms with Gasteiger partial charge in [-0.05, 0) is 26.8 Å². The van der Waals surface area contributed by atoms with Crippen molar-refractivity contribution in [1.29, 1.82) is 0 Å². The Kier molecular flexibility index (Phi) is 3.74. The molecule has 7 heteroatoms. The van der Waals surface area contributed by atoms with Gasteiger partial charge in [-0.1, -0.05) is 0 Å². The zero-order chi connectivity index (χ0) is 17.0. The van der Waals surface area contributed by atoms with E-state index in [-0.39, 0.29) is 11.6 Å². The van der Waals surface area contributed by atoms with Crippen molar-refractivity contribution in [3.05, 3.63) is 17.8 Å². The van der Waals surface area contributed by atoms with E-state index in [1.165, 1.54) is 6.07 Å². The topological polar surface area (TPSA) is 22.6 Å². The molecule has 0 unspecified atom stereocenters. The predicted octanol–water partition coefficient (Wildman–Crippen LogP) is 2.84. The molecule has 0 spiro atoms. The third-order valence-electron chi connectivity index (χ3n) is 4.77. The lowest BCUT2D eigenvalue weighted by atomic mass is 10.00. The summed E-state index contributed by atoms with van der Waals surface area (Å²) in [6.45, 7) is 9.87. The first-order valence-electron chi connectivity index (χ1n) is 7.87. The molecule has 1 saturated heterocycles. The molecule has 4 nitrogen and oxygen atoms in total. The zero-order valence-electron chi connectivity index (χ0n) is 14.0. The Morgan fingerprint density at radius 2 is 1.83 bits per heavy atom. The first kappa shape index (κ1) is 16.4. The Labute approximate surface area is 134 Å². The molecule has 1 fully saturated rings. The molecule has 2 aliphatic heterocycles. The van der Waals surface area contributed by atoms with Gasteiger partial charge in [0, 0.05) is 45.0 Å². The van der Waals surface area contributed by atoms with Crippen molar-refractivity contribution in [3.63, 3.8) is 0 Å². The molecule has 128 valence electrons. The molecule has 23 heavy (non-hydrogen) atoms. The molecule has 2 aliphatic rings. The summed E-state index contributed by atoms with van der Waals surface area (Å²) in [5.41, 5.74) is -0.0198. The Bertz CT molecular complexity index is 594. The van der Waals surface area contributed by atoms with E-state index in [1.54, 1.807) is 0 Å². The lowest BCUT2D eigenvalue weighted by Crippen LogP contribution is -2.62.